The Balaban J connectivity index is 1.40. The Labute approximate surface area is 231 Å². The Hall–Kier alpha value is -4.21. The number of nitrogens with zero attached hydrogens (tertiary/aromatic N) is 2. The molecular weight excluding hydrogens is 541 g/mol. The van der Waals surface area contributed by atoms with Crippen LogP contribution in [0.25, 0.3) is 0 Å². The molecule has 4 rings (SSSR count). The molecule has 0 spiro atoms. The van der Waals surface area contributed by atoms with Gasteiger partial charge in [-0.15, -0.1) is 0 Å². The van der Waals surface area contributed by atoms with Crippen LogP contribution in [0.4, 0.5) is 10.1 Å². The van der Waals surface area contributed by atoms with Crippen LogP contribution < -0.4 is 14.5 Å². The van der Waals surface area contributed by atoms with Crippen LogP contribution in [-0.2, 0) is 21.4 Å². The van der Waals surface area contributed by atoms with Crippen molar-refractivity contribution in [1.29, 1.82) is 0 Å². The molecule has 0 atom stereocenters. The molecule has 1 amide bonds. The molecule has 4 aromatic carbocycles. The molecule has 0 aliphatic heterocycles. The molecule has 0 aromatic heterocycles. The quantitative estimate of drug-likeness (QED) is 0.197. The van der Waals surface area contributed by atoms with Crippen LogP contribution in [0.2, 0.25) is 5.02 Å². The van der Waals surface area contributed by atoms with Crippen molar-refractivity contribution >= 4 is 39.4 Å². The molecule has 0 saturated carbocycles. The van der Waals surface area contributed by atoms with Crippen LogP contribution in [0.1, 0.15) is 16.7 Å². The van der Waals surface area contributed by atoms with E-state index >= 15 is 0 Å². The first-order valence-corrected chi connectivity index (χ1v) is 13.7. The lowest BCUT2D eigenvalue weighted by Gasteiger charge is -2.23. The Morgan fingerprint density at radius 2 is 1.69 bits per heavy atom. The van der Waals surface area contributed by atoms with Crippen LogP contribution >= 0.6 is 11.6 Å². The lowest BCUT2D eigenvalue weighted by molar-refractivity contribution is -0.119. The third-order valence-corrected chi connectivity index (χ3v) is 7.61. The van der Waals surface area contributed by atoms with Gasteiger partial charge in [0, 0.05) is 5.02 Å². The second kappa shape index (κ2) is 12.6. The zero-order valence-electron chi connectivity index (χ0n) is 20.9. The maximum Gasteiger partial charge on any atom is 0.264 e. The van der Waals surface area contributed by atoms with E-state index in [-0.39, 0.29) is 10.6 Å². The summed E-state index contributed by atoms with van der Waals surface area (Å²) in [4.78, 5) is 12.6. The lowest BCUT2D eigenvalue weighted by Crippen LogP contribution is -2.39. The number of hydrogen-bond acceptors (Lipinski definition) is 5. The summed E-state index contributed by atoms with van der Waals surface area (Å²) in [6.45, 7) is 1.70. The molecular formula is C29H25ClFN3O4S. The number of halogens is 2. The largest absolute Gasteiger partial charge is 0.489 e. The monoisotopic (exact) mass is 565 g/mol. The first-order chi connectivity index (χ1) is 18.7. The van der Waals surface area contributed by atoms with E-state index in [0.29, 0.717) is 22.9 Å². The van der Waals surface area contributed by atoms with Gasteiger partial charge in [0.05, 0.1) is 16.8 Å². The fourth-order valence-corrected chi connectivity index (χ4v) is 5.18. The first-order valence-electron chi connectivity index (χ1n) is 11.8. The highest BCUT2D eigenvalue weighted by atomic mass is 35.5. The van der Waals surface area contributed by atoms with Gasteiger partial charge >= 0.3 is 0 Å². The molecule has 0 heterocycles. The molecule has 10 heteroatoms. The molecule has 1 N–H and O–H groups in total. The van der Waals surface area contributed by atoms with Gasteiger partial charge in [0.15, 0.2) is 0 Å². The van der Waals surface area contributed by atoms with E-state index in [2.05, 4.69) is 10.5 Å². The lowest BCUT2D eigenvalue weighted by atomic mass is 10.2. The van der Waals surface area contributed by atoms with Crippen LogP contribution in [-0.4, -0.2) is 27.1 Å². The average Bonchev–Trinajstić information content (AvgIpc) is 2.92. The van der Waals surface area contributed by atoms with E-state index in [1.165, 1.54) is 6.21 Å². The highest BCUT2D eigenvalue weighted by molar-refractivity contribution is 7.92. The Morgan fingerprint density at radius 3 is 2.36 bits per heavy atom. The average molecular weight is 566 g/mol. The summed E-state index contributed by atoms with van der Waals surface area (Å²) in [5.41, 5.74) is 5.21. The fraction of sp³-hybridized carbons (Fsp3) is 0.103. The van der Waals surface area contributed by atoms with Gasteiger partial charge < -0.3 is 4.74 Å². The predicted molar refractivity (Wildman–Crippen MR) is 150 cm³/mol. The van der Waals surface area contributed by atoms with Crippen LogP contribution in [0.5, 0.6) is 5.75 Å². The van der Waals surface area contributed by atoms with Gasteiger partial charge in [-0.1, -0.05) is 41.4 Å². The molecule has 200 valence electrons. The number of anilines is 1. The van der Waals surface area contributed by atoms with Crippen molar-refractivity contribution in [2.75, 3.05) is 10.8 Å². The normalized spacial score (nSPS) is 11.4. The highest BCUT2D eigenvalue weighted by Gasteiger charge is 2.27. The molecule has 0 unspecified atom stereocenters. The van der Waals surface area contributed by atoms with Crippen molar-refractivity contribution < 1.29 is 22.3 Å². The van der Waals surface area contributed by atoms with E-state index in [0.717, 1.165) is 39.7 Å². The number of hydrogen-bond donors (Lipinski definition) is 1. The SMILES string of the molecule is Cc1ccc(N(CC(=O)N/N=C\c2ccc(OCc3cccc(Cl)c3)cc2)S(=O)(=O)c2ccc(F)cc2)cc1. The van der Waals surface area contributed by atoms with Crippen LogP contribution in [0.15, 0.2) is 107 Å². The van der Waals surface area contributed by atoms with Crippen molar-refractivity contribution in [2.45, 2.75) is 18.4 Å². The zero-order valence-corrected chi connectivity index (χ0v) is 22.5. The molecule has 0 radical (unpaired) electrons. The Bertz CT molecular complexity index is 1560. The minimum absolute atomic E-state index is 0.140. The van der Waals surface area contributed by atoms with Crippen molar-refractivity contribution in [1.82, 2.24) is 5.43 Å². The maximum atomic E-state index is 13.4. The van der Waals surface area contributed by atoms with Crippen LogP contribution in [0.3, 0.4) is 0 Å². The molecule has 4 aromatic rings. The van der Waals surface area contributed by atoms with E-state index in [1.54, 1.807) is 54.6 Å². The van der Waals surface area contributed by atoms with E-state index < -0.39 is 28.3 Å². The number of nitrogens with one attached hydrogen (secondary N) is 1. The molecule has 39 heavy (non-hydrogen) atoms. The number of amides is 1. The molecule has 0 aliphatic carbocycles. The summed E-state index contributed by atoms with van der Waals surface area (Å²) in [6, 6.07) is 25.6. The van der Waals surface area contributed by atoms with Gasteiger partial charge in [-0.25, -0.2) is 18.2 Å². The molecule has 0 aliphatic rings. The van der Waals surface area contributed by atoms with E-state index in [4.69, 9.17) is 16.3 Å². The topological polar surface area (TPSA) is 88.1 Å². The number of rotatable bonds is 10. The highest BCUT2D eigenvalue weighted by Crippen LogP contribution is 2.24. The number of hydrazone groups is 1. The third-order valence-electron chi connectivity index (χ3n) is 5.59. The number of ether oxygens (including phenoxy) is 1. The van der Waals surface area contributed by atoms with E-state index in [9.17, 15) is 17.6 Å². The Morgan fingerprint density at radius 1 is 1.00 bits per heavy atom. The van der Waals surface area contributed by atoms with Gasteiger partial charge in [-0.05, 0) is 90.8 Å². The van der Waals surface area contributed by atoms with Crippen molar-refractivity contribution in [3.8, 4) is 5.75 Å². The smallest absolute Gasteiger partial charge is 0.264 e. The number of carbonyl (C=O) groups excluding carboxylic acids is 1. The summed E-state index contributed by atoms with van der Waals surface area (Å²) in [7, 11) is -4.16. The minimum Gasteiger partial charge on any atom is -0.489 e. The fourth-order valence-electron chi connectivity index (χ4n) is 3.55. The molecule has 0 bridgehead atoms. The predicted octanol–water partition coefficient (Wildman–Crippen LogP) is 5.71. The van der Waals surface area contributed by atoms with Crippen molar-refractivity contribution in [3.63, 3.8) is 0 Å². The van der Waals surface area contributed by atoms with Crippen molar-refractivity contribution in [2.24, 2.45) is 5.10 Å². The second-order valence-corrected chi connectivity index (χ2v) is 10.9. The zero-order chi connectivity index (χ0) is 27.8. The molecule has 0 saturated heterocycles. The van der Waals surface area contributed by atoms with Crippen molar-refractivity contribution in [3.05, 3.63) is 125 Å². The number of sulfonamides is 1. The summed E-state index contributed by atoms with van der Waals surface area (Å²) in [6.07, 6.45) is 1.43. The minimum atomic E-state index is -4.16. The summed E-state index contributed by atoms with van der Waals surface area (Å²) in [5.74, 6) is -0.571. The van der Waals surface area contributed by atoms with Gasteiger partial charge in [0.2, 0.25) is 0 Å². The maximum absolute atomic E-state index is 13.4. The number of benzene rings is 4. The second-order valence-electron chi connectivity index (χ2n) is 8.58. The van der Waals surface area contributed by atoms with Gasteiger partial charge in [0.25, 0.3) is 15.9 Å². The molecule has 7 nitrogen and oxygen atoms in total. The van der Waals surface area contributed by atoms with E-state index in [1.807, 2.05) is 25.1 Å². The summed E-state index contributed by atoms with van der Waals surface area (Å²) < 4.78 is 46.7. The first kappa shape index (κ1) is 27.8. The summed E-state index contributed by atoms with van der Waals surface area (Å²) in [5, 5.41) is 4.59. The summed E-state index contributed by atoms with van der Waals surface area (Å²) >= 11 is 5.99. The Kier molecular flexibility index (Phi) is 8.96. The van der Waals surface area contributed by atoms with Gasteiger partial charge in [-0.2, -0.15) is 5.10 Å². The number of aryl methyl sites for hydroxylation is 1. The van der Waals surface area contributed by atoms with Crippen LogP contribution in [0, 0.1) is 12.7 Å². The third kappa shape index (κ3) is 7.66. The molecule has 0 fully saturated rings. The number of carbonyl (C=O) groups is 1. The van der Waals surface area contributed by atoms with Gasteiger partial charge in [-0.3, -0.25) is 9.10 Å². The standard InChI is InChI=1S/C29H25ClFN3O4S/c1-21-5-11-26(12-6-21)34(39(36,37)28-15-9-25(31)10-16-28)19-29(35)33-32-18-22-7-13-27(14-8-22)38-20-23-3-2-4-24(30)17-23/h2-18H,19-20H2,1H3,(H,33,35)/b32-18-. The van der Waals surface area contributed by atoms with Gasteiger partial charge in [0.1, 0.15) is 24.7 Å².